The van der Waals surface area contributed by atoms with Crippen LogP contribution in [0, 0.1) is 5.92 Å². The number of benzene rings is 2. The smallest absolute Gasteiger partial charge is 0.254 e. The van der Waals surface area contributed by atoms with E-state index < -0.39 is 10.0 Å². The monoisotopic (exact) mass is 457 g/mol. The standard InChI is InChI=1S/C24H31N3O4S/c1-4-19-9-5-6-10-22(19)25-23(28)17-26(3)24(29)20-11-13-21(14-12-20)32(30,31)27-15-7-8-18(2)16-27/h5-6,9-14,18H,4,7-8,15-17H2,1-3H3,(H,25,28). The fourth-order valence-electron chi connectivity index (χ4n) is 3.93. The summed E-state index contributed by atoms with van der Waals surface area (Å²) in [6.07, 6.45) is 2.67. The number of hydrogen-bond acceptors (Lipinski definition) is 4. The van der Waals surface area contributed by atoms with Crippen LogP contribution in [0.1, 0.15) is 42.6 Å². The van der Waals surface area contributed by atoms with Gasteiger partial charge in [-0.25, -0.2) is 8.42 Å². The van der Waals surface area contributed by atoms with Crippen LogP contribution in [0.3, 0.4) is 0 Å². The van der Waals surface area contributed by atoms with E-state index in [0.717, 1.165) is 30.5 Å². The Morgan fingerprint density at radius 2 is 1.81 bits per heavy atom. The van der Waals surface area contributed by atoms with Crippen LogP contribution in [-0.2, 0) is 21.2 Å². The highest BCUT2D eigenvalue weighted by atomic mass is 32.2. The molecule has 172 valence electrons. The summed E-state index contributed by atoms with van der Waals surface area (Å²) in [5.41, 5.74) is 2.09. The lowest BCUT2D eigenvalue weighted by Crippen LogP contribution is -2.39. The number of hydrogen-bond donors (Lipinski definition) is 1. The van der Waals surface area contributed by atoms with Gasteiger partial charge in [-0.1, -0.05) is 32.0 Å². The van der Waals surface area contributed by atoms with Crippen LogP contribution < -0.4 is 5.32 Å². The average molecular weight is 458 g/mol. The molecular formula is C24H31N3O4S. The van der Waals surface area contributed by atoms with E-state index in [1.165, 1.54) is 33.5 Å². The third-order valence-electron chi connectivity index (χ3n) is 5.76. The highest BCUT2D eigenvalue weighted by molar-refractivity contribution is 7.89. The number of carbonyl (C=O) groups is 2. The number of para-hydroxylation sites is 1. The molecule has 2 aromatic carbocycles. The maximum Gasteiger partial charge on any atom is 0.254 e. The normalized spacial score (nSPS) is 17.0. The second-order valence-corrected chi connectivity index (χ2v) is 10.3. The van der Waals surface area contributed by atoms with E-state index in [4.69, 9.17) is 0 Å². The molecule has 1 saturated heterocycles. The zero-order valence-electron chi connectivity index (χ0n) is 18.9. The minimum Gasteiger partial charge on any atom is -0.332 e. The van der Waals surface area contributed by atoms with Crippen LogP contribution in [0.5, 0.6) is 0 Å². The van der Waals surface area contributed by atoms with Gasteiger partial charge in [0.2, 0.25) is 15.9 Å². The highest BCUT2D eigenvalue weighted by Crippen LogP contribution is 2.24. The van der Waals surface area contributed by atoms with Crippen LogP contribution in [0.4, 0.5) is 5.69 Å². The minimum absolute atomic E-state index is 0.109. The number of nitrogens with one attached hydrogen (secondary N) is 1. The number of rotatable bonds is 7. The zero-order chi connectivity index (χ0) is 23.3. The largest absolute Gasteiger partial charge is 0.332 e. The molecule has 1 unspecified atom stereocenters. The van der Waals surface area contributed by atoms with Crippen LogP contribution in [0.15, 0.2) is 53.4 Å². The van der Waals surface area contributed by atoms with Crippen molar-refractivity contribution < 1.29 is 18.0 Å². The first-order valence-electron chi connectivity index (χ1n) is 11.0. The Labute approximate surface area is 190 Å². The zero-order valence-corrected chi connectivity index (χ0v) is 19.7. The maximum absolute atomic E-state index is 12.9. The third kappa shape index (κ3) is 5.55. The fraction of sp³-hybridized carbons (Fsp3) is 0.417. The fourth-order valence-corrected chi connectivity index (χ4v) is 5.53. The average Bonchev–Trinajstić information content (AvgIpc) is 2.79. The number of anilines is 1. The Kier molecular flexibility index (Phi) is 7.69. The molecule has 1 heterocycles. The second-order valence-electron chi connectivity index (χ2n) is 8.35. The lowest BCUT2D eigenvalue weighted by molar-refractivity contribution is -0.116. The number of aryl methyl sites for hydroxylation is 1. The van der Waals surface area contributed by atoms with Crippen molar-refractivity contribution in [2.75, 3.05) is 32.0 Å². The number of sulfonamides is 1. The molecule has 0 aliphatic carbocycles. The lowest BCUT2D eigenvalue weighted by atomic mass is 10.0. The number of likely N-dealkylation sites (N-methyl/N-ethyl adjacent to an activating group) is 1. The summed E-state index contributed by atoms with van der Waals surface area (Å²) in [5, 5.41) is 2.85. The van der Waals surface area contributed by atoms with Crippen LogP contribution in [-0.4, -0.2) is 56.1 Å². The topological polar surface area (TPSA) is 86.8 Å². The first kappa shape index (κ1) is 23.9. The summed E-state index contributed by atoms with van der Waals surface area (Å²) in [7, 11) is -2.02. The molecule has 1 atom stereocenters. The Hall–Kier alpha value is -2.71. The summed E-state index contributed by atoms with van der Waals surface area (Å²) in [6, 6.07) is 13.5. The van der Waals surface area contributed by atoms with E-state index in [1.54, 1.807) is 7.05 Å². The van der Waals surface area contributed by atoms with Gasteiger partial charge < -0.3 is 10.2 Å². The highest BCUT2D eigenvalue weighted by Gasteiger charge is 2.28. The molecule has 8 heteroatoms. The molecule has 0 radical (unpaired) electrons. The number of nitrogens with zero attached hydrogens (tertiary/aromatic N) is 2. The van der Waals surface area contributed by atoms with E-state index in [1.807, 2.05) is 31.2 Å². The van der Waals surface area contributed by atoms with Gasteiger partial charge in [0.15, 0.2) is 0 Å². The molecule has 32 heavy (non-hydrogen) atoms. The third-order valence-corrected chi connectivity index (χ3v) is 7.64. The molecule has 0 bridgehead atoms. The predicted molar refractivity (Wildman–Crippen MR) is 125 cm³/mol. The molecule has 2 amide bonds. The van der Waals surface area contributed by atoms with Crippen LogP contribution in [0.2, 0.25) is 0 Å². The summed E-state index contributed by atoms with van der Waals surface area (Å²) in [6.45, 7) is 4.99. The van der Waals surface area contributed by atoms with Crippen molar-refractivity contribution in [3.05, 3.63) is 59.7 Å². The van der Waals surface area contributed by atoms with Gasteiger partial charge in [-0.15, -0.1) is 0 Å². The van der Waals surface area contributed by atoms with Gasteiger partial charge in [-0.3, -0.25) is 9.59 Å². The van der Waals surface area contributed by atoms with Crippen molar-refractivity contribution in [3.8, 4) is 0 Å². The number of carbonyl (C=O) groups excluding carboxylic acids is 2. The lowest BCUT2D eigenvalue weighted by Gasteiger charge is -2.30. The van der Waals surface area contributed by atoms with E-state index >= 15 is 0 Å². The first-order valence-corrected chi connectivity index (χ1v) is 12.4. The Bertz CT molecular complexity index is 1070. The molecule has 0 spiro atoms. The van der Waals surface area contributed by atoms with E-state index in [2.05, 4.69) is 12.2 Å². The Morgan fingerprint density at radius 1 is 1.12 bits per heavy atom. The molecule has 1 fully saturated rings. The summed E-state index contributed by atoms with van der Waals surface area (Å²) >= 11 is 0. The van der Waals surface area contributed by atoms with E-state index in [9.17, 15) is 18.0 Å². The summed E-state index contributed by atoms with van der Waals surface area (Å²) in [4.78, 5) is 26.7. The first-order chi connectivity index (χ1) is 15.2. The molecule has 0 aromatic heterocycles. The van der Waals surface area contributed by atoms with Crippen molar-refractivity contribution in [3.63, 3.8) is 0 Å². The van der Waals surface area contributed by atoms with Crippen molar-refractivity contribution in [2.24, 2.45) is 5.92 Å². The molecule has 7 nitrogen and oxygen atoms in total. The van der Waals surface area contributed by atoms with Gasteiger partial charge in [0.1, 0.15) is 0 Å². The van der Waals surface area contributed by atoms with Crippen LogP contribution >= 0.6 is 0 Å². The molecule has 1 N–H and O–H groups in total. The predicted octanol–water partition coefficient (Wildman–Crippen LogP) is 3.38. The van der Waals surface area contributed by atoms with Gasteiger partial charge in [0.25, 0.3) is 5.91 Å². The molecule has 3 rings (SSSR count). The molecule has 1 aliphatic rings. The molecule has 2 aromatic rings. The quantitative estimate of drug-likeness (QED) is 0.691. The van der Waals surface area contributed by atoms with Gasteiger partial charge in [-0.2, -0.15) is 4.31 Å². The summed E-state index contributed by atoms with van der Waals surface area (Å²) in [5.74, 6) is -0.303. The van der Waals surface area contributed by atoms with Crippen LogP contribution in [0.25, 0.3) is 0 Å². The van der Waals surface area contributed by atoms with Gasteiger partial charge in [0.05, 0.1) is 11.4 Å². The van der Waals surface area contributed by atoms with E-state index in [-0.39, 0.29) is 23.3 Å². The SMILES string of the molecule is CCc1ccccc1NC(=O)CN(C)C(=O)c1ccc(S(=O)(=O)N2CCCC(C)C2)cc1. The van der Waals surface area contributed by atoms with Crippen molar-refractivity contribution in [1.82, 2.24) is 9.21 Å². The molecular weight excluding hydrogens is 426 g/mol. The van der Waals surface area contributed by atoms with E-state index in [0.29, 0.717) is 24.6 Å². The van der Waals surface area contributed by atoms with Gasteiger partial charge in [-0.05, 0) is 61.1 Å². The molecule has 1 aliphatic heterocycles. The second kappa shape index (κ2) is 10.3. The van der Waals surface area contributed by atoms with Gasteiger partial charge >= 0.3 is 0 Å². The number of amides is 2. The Balaban J connectivity index is 1.64. The number of piperidine rings is 1. The molecule has 0 saturated carbocycles. The summed E-state index contributed by atoms with van der Waals surface area (Å²) < 4.78 is 27.3. The van der Waals surface area contributed by atoms with Gasteiger partial charge in [0, 0.05) is 31.4 Å². The van der Waals surface area contributed by atoms with Crippen molar-refractivity contribution >= 4 is 27.5 Å². The van der Waals surface area contributed by atoms with Crippen molar-refractivity contribution in [2.45, 2.75) is 38.0 Å². The minimum atomic E-state index is -3.57. The Morgan fingerprint density at radius 3 is 2.47 bits per heavy atom. The maximum atomic E-state index is 12.9. The van der Waals surface area contributed by atoms with Crippen molar-refractivity contribution in [1.29, 1.82) is 0 Å².